The predicted octanol–water partition coefficient (Wildman–Crippen LogP) is 4.54. The molecule has 2 aromatic carbocycles. The molecule has 1 atom stereocenters. The molecule has 1 saturated heterocycles. The van der Waals surface area contributed by atoms with Crippen molar-refractivity contribution in [1.82, 2.24) is 0 Å². The largest absolute Gasteiger partial charge is 0.436 e. The number of nitrogens with zero attached hydrogens (tertiary/aromatic N) is 1. The molecular formula is C22H26ClN3O5S. The number of carbonyl (C=O) groups is 2. The highest BCUT2D eigenvalue weighted by molar-refractivity contribution is 7.93. The molecule has 0 saturated carbocycles. The average Bonchev–Trinajstić information content (AvgIpc) is 3.08. The van der Waals surface area contributed by atoms with Crippen LogP contribution in [-0.4, -0.2) is 38.8 Å². The van der Waals surface area contributed by atoms with Crippen molar-refractivity contribution in [2.45, 2.75) is 39.2 Å². The van der Waals surface area contributed by atoms with Gasteiger partial charge in [-0.2, -0.15) is 0 Å². The van der Waals surface area contributed by atoms with Gasteiger partial charge in [-0.3, -0.25) is 14.4 Å². The number of anilines is 3. The van der Waals surface area contributed by atoms with E-state index in [-0.39, 0.29) is 5.75 Å². The molecule has 0 radical (unpaired) electrons. The maximum atomic E-state index is 12.8. The van der Waals surface area contributed by atoms with E-state index in [0.717, 1.165) is 5.56 Å². The third-order valence-corrected chi connectivity index (χ3v) is 7.12. The second-order valence-corrected chi connectivity index (χ2v) is 10.00. The minimum atomic E-state index is -3.29. The summed E-state index contributed by atoms with van der Waals surface area (Å²) < 4.78 is 31.1. The number of carbonyl (C=O) groups excluding carboxylic acids is 2. The maximum absolute atomic E-state index is 12.8. The Labute approximate surface area is 192 Å². The van der Waals surface area contributed by atoms with E-state index in [0.29, 0.717) is 47.9 Å². The van der Waals surface area contributed by atoms with Crippen LogP contribution in [0.1, 0.15) is 31.7 Å². The summed E-state index contributed by atoms with van der Waals surface area (Å²) in [6, 6.07) is 11.5. The second kappa shape index (κ2) is 10.2. The Morgan fingerprint density at radius 3 is 2.41 bits per heavy atom. The van der Waals surface area contributed by atoms with Crippen LogP contribution in [0.2, 0.25) is 5.02 Å². The van der Waals surface area contributed by atoms with Gasteiger partial charge in [0.25, 0.3) is 5.91 Å². The second-order valence-electron chi connectivity index (χ2n) is 7.55. The zero-order chi connectivity index (χ0) is 23.3. The first-order valence-electron chi connectivity index (χ1n) is 10.3. The van der Waals surface area contributed by atoms with Gasteiger partial charge in [0.1, 0.15) is 0 Å². The van der Waals surface area contributed by atoms with E-state index in [1.165, 1.54) is 4.31 Å². The molecule has 1 heterocycles. The fourth-order valence-corrected chi connectivity index (χ4v) is 5.21. The standard InChI is InChI=1S/C22H26ClN3O5S/c1-3-5-20(31-22(28)25-17-8-6-16(23)7-9-17)21(27)24-18-10-11-19(15(2)14-18)26-12-4-13-32(26,29)30/h6-11,14,20H,3-5,12-13H2,1-2H3,(H,24,27)(H,25,28). The maximum Gasteiger partial charge on any atom is 0.412 e. The Morgan fingerprint density at radius 2 is 1.81 bits per heavy atom. The summed E-state index contributed by atoms with van der Waals surface area (Å²) in [4.78, 5) is 25.0. The van der Waals surface area contributed by atoms with Gasteiger partial charge < -0.3 is 10.1 Å². The van der Waals surface area contributed by atoms with Crippen LogP contribution in [-0.2, 0) is 19.6 Å². The summed E-state index contributed by atoms with van der Waals surface area (Å²) in [6.45, 7) is 4.12. The number of aryl methyl sites for hydroxylation is 1. The topological polar surface area (TPSA) is 105 Å². The molecule has 10 heteroatoms. The molecule has 0 spiro atoms. The minimum Gasteiger partial charge on any atom is -0.436 e. The van der Waals surface area contributed by atoms with Gasteiger partial charge in [0.05, 0.1) is 11.4 Å². The highest BCUT2D eigenvalue weighted by Gasteiger charge is 2.29. The van der Waals surface area contributed by atoms with Crippen molar-refractivity contribution in [2.75, 3.05) is 27.2 Å². The smallest absolute Gasteiger partial charge is 0.412 e. The van der Waals surface area contributed by atoms with Crippen molar-refractivity contribution in [3.8, 4) is 0 Å². The SMILES string of the molecule is CCCC(OC(=O)Nc1ccc(Cl)cc1)C(=O)Nc1ccc(N2CCCS2(=O)=O)c(C)c1. The lowest BCUT2D eigenvalue weighted by Crippen LogP contribution is -2.34. The number of hydrogen-bond donors (Lipinski definition) is 2. The number of rotatable bonds is 7. The van der Waals surface area contributed by atoms with E-state index in [2.05, 4.69) is 10.6 Å². The van der Waals surface area contributed by atoms with E-state index >= 15 is 0 Å². The van der Waals surface area contributed by atoms with Crippen LogP contribution in [0.25, 0.3) is 0 Å². The molecule has 1 aliphatic rings. The molecule has 2 amide bonds. The normalized spacial score (nSPS) is 15.8. The number of ether oxygens (including phenoxy) is 1. The van der Waals surface area contributed by atoms with Crippen molar-refractivity contribution in [1.29, 1.82) is 0 Å². The number of hydrogen-bond acceptors (Lipinski definition) is 5. The number of benzene rings is 2. The van der Waals surface area contributed by atoms with Crippen molar-refractivity contribution in [3.05, 3.63) is 53.1 Å². The van der Waals surface area contributed by atoms with Gasteiger partial charge in [-0.1, -0.05) is 24.9 Å². The Bertz CT molecular complexity index is 1090. The van der Waals surface area contributed by atoms with Gasteiger partial charge in [0.15, 0.2) is 6.10 Å². The third kappa shape index (κ3) is 5.92. The Hall–Kier alpha value is -2.78. The highest BCUT2D eigenvalue weighted by Crippen LogP contribution is 2.29. The van der Waals surface area contributed by atoms with Gasteiger partial charge >= 0.3 is 6.09 Å². The molecule has 2 aromatic rings. The molecule has 0 aliphatic carbocycles. The molecular weight excluding hydrogens is 454 g/mol. The van der Waals surface area contributed by atoms with Crippen molar-refractivity contribution in [3.63, 3.8) is 0 Å². The fraction of sp³-hybridized carbons (Fsp3) is 0.364. The van der Waals surface area contributed by atoms with Crippen LogP contribution in [0.4, 0.5) is 21.9 Å². The summed E-state index contributed by atoms with van der Waals surface area (Å²) >= 11 is 5.83. The quantitative estimate of drug-likeness (QED) is 0.606. The molecule has 0 bridgehead atoms. The van der Waals surface area contributed by atoms with Crippen molar-refractivity contribution < 1.29 is 22.7 Å². The van der Waals surface area contributed by atoms with E-state index in [1.807, 2.05) is 6.92 Å². The lowest BCUT2D eigenvalue weighted by atomic mass is 10.1. The molecule has 172 valence electrons. The monoisotopic (exact) mass is 479 g/mol. The summed E-state index contributed by atoms with van der Waals surface area (Å²) in [7, 11) is -3.29. The predicted molar refractivity (Wildman–Crippen MR) is 126 cm³/mol. The third-order valence-electron chi connectivity index (χ3n) is 5.02. The van der Waals surface area contributed by atoms with Crippen molar-refractivity contribution in [2.24, 2.45) is 0 Å². The van der Waals surface area contributed by atoms with E-state index < -0.39 is 28.1 Å². The average molecular weight is 480 g/mol. The fourth-order valence-electron chi connectivity index (χ4n) is 3.46. The summed E-state index contributed by atoms with van der Waals surface area (Å²) in [6.07, 6.45) is -0.146. The van der Waals surface area contributed by atoms with E-state index in [9.17, 15) is 18.0 Å². The molecule has 1 aliphatic heterocycles. The van der Waals surface area contributed by atoms with Gasteiger partial charge in [-0.25, -0.2) is 13.2 Å². The lowest BCUT2D eigenvalue weighted by Gasteiger charge is -2.21. The van der Waals surface area contributed by atoms with Gasteiger partial charge in [0, 0.05) is 22.9 Å². The molecule has 0 aromatic heterocycles. The zero-order valence-electron chi connectivity index (χ0n) is 17.9. The lowest BCUT2D eigenvalue weighted by molar-refractivity contribution is -0.124. The Morgan fingerprint density at radius 1 is 1.12 bits per heavy atom. The van der Waals surface area contributed by atoms with Gasteiger partial charge in [-0.15, -0.1) is 0 Å². The first-order chi connectivity index (χ1) is 15.2. The summed E-state index contributed by atoms with van der Waals surface area (Å²) in [5.74, 6) is -0.321. The molecule has 32 heavy (non-hydrogen) atoms. The Balaban J connectivity index is 1.65. The first kappa shape index (κ1) is 23.9. The summed E-state index contributed by atoms with van der Waals surface area (Å²) in [5.41, 5.74) is 2.32. The van der Waals surface area contributed by atoms with Gasteiger partial charge in [0.2, 0.25) is 10.0 Å². The number of sulfonamides is 1. The minimum absolute atomic E-state index is 0.138. The van der Waals surface area contributed by atoms with Crippen molar-refractivity contribution >= 4 is 50.7 Å². The highest BCUT2D eigenvalue weighted by atomic mass is 35.5. The van der Waals surface area contributed by atoms with Crippen LogP contribution in [0, 0.1) is 6.92 Å². The summed E-state index contributed by atoms with van der Waals surface area (Å²) in [5, 5.41) is 5.86. The van der Waals surface area contributed by atoms with E-state index in [1.54, 1.807) is 49.4 Å². The first-order valence-corrected chi connectivity index (χ1v) is 12.3. The van der Waals surface area contributed by atoms with Crippen LogP contribution >= 0.6 is 11.6 Å². The molecule has 2 N–H and O–H groups in total. The molecule has 1 unspecified atom stereocenters. The Kier molecular flexibility index (Phi) is 7.63. The number of nitrogens with one attached hydrogen (secondary N) is 2. The van der Waals surface area contributed by atoms with E-state index in [4.69, 9.17) is 16.3 Å². The number of halogens is 1. The zero-order valence-corrected chi connectivity index (χ0v) is 19.5. The molecule has 1 fully saturated rings. The molecule has 8 nitrogen and oxygen atoms in total. The van der Waals surface area contributed by atoms with Crippen LogP contribution < -0.4 is 14.9 Å². The van der Waals surface area contributed by atoms with Crippen LogP contribution in [0.3, 0.4) is 0 Å². The molecule has 3 rings (SSSR count). The van der Waals surface area contributed by atoms with Gasteiger partial charge in [-0.05, 0) is 67.8 Å². The number of amides is 2. The van der Waals surface area contributed by atoms with Crippen LogP contribution in [0.5, 0.6) is 0 Å². The van der Waals surface area contributed by atoms with Crippen LogP contribution in [0.15, 0.2) is 42.5 Å².